The molecular weight excluding hydrogens is 318 g/mol. The predicted octanol–water partition coefficient (Wildman–Crippen LogP) is 3.39. The Morgan fingerprint density at radius 2 is 1.88 bits per heavy atom. The number of nitrogens with one attached hydrogen (secondary N) is 1. The lowest BCUT2D eigenvalue weighted by molar-refractivity contribution is -0.118. The van der Waals surface area contributed by atoms with Crippen LogP contribution in [0.5, 0.6) is 0 Å². The molecular formula is C19H19N3OS. The van der Waals surface area contributed by atoms with Crippen LogP contribution in [0, 0.1) is 6.92 Å². The molecule has 0 saturated carbocycles. The van der Waals surface area contributed by atoms with Gasteiger partial charge in [0.25, 0.3) is 0 Å². The first kappa shape index (κ1) is 16.5. The van der Waals surface area contributed by atoms with Crippen LogP contribution in [-0.2, 0) is 11.2 Å². The van der Waals surface area contributed by atoms with Crippen molar-refractivity contribution in [2.75, 3.05) is 12.3 Å². The number of fused-ring (bicyclic) bond motifs is 1. The molecule has 0 aliphatic carbocycles. The molecule has 3 aromatic rings. The SMILES string of the molecule is Cc1ccccc1CCNC(=O)CSc1ncnc2ccccc12. The topological polar surface area (TPSA) is 54.9 Å². The number of hydrogen-bond donors (Lipinski definition) is 1. The van der Waals surface area contributed by atoms with E-state index < -0.39 is 0 Å². The number of para-hydroxylation sites is 1. The number of thioether (sulfide) groups is 1. The van der Waals surface area contributed by atoms with E-state index in [0.29, 0.717) is 12.3 Å². The smallest absolute Gasteiger partial charge is 0.230 e. The van der Waals surface area contributed by atoms with Gasteiger partial charge >= 0.3 is 0 Å². The monoisotopic (exact) mass is 337 g/mol. The third-order valence-corrected chi connectivity index (χ3v) is 4.83. The van der Waals surface area contributed by atoms with E-state index in [1.165, 1.54) is 22.9 Å². The van der Waals surface area contributed by atoms with Crippen molar-refractivity contribution in [3.8, 4) is 0 Å². The fraction of sp³-hybridized carbons (Fsp3) is 0.211. The molecule has 1 N–H and O–H groups in total. The Balaban J connectivity index is 1.51. The molecule has 0 atom stereocenters. The minimum atomic E-state index is 0.0243. The second-order valence-electron chi connectivity index (χ2n) is 5.51. The van der Waals surface area contributed by atoms with E-state index in [0.717, 1.165) is 22.3 Å². The van der Waals surface area contributed by atoms with E-state index >= 15 is 0 Å². The number of amides is 1. The van der Waals surface area contributed by atoms with Crippen LogP contribution in [0.2, 0.25) is 0 Å². The number of hydrogen-bond acceptors (Lipinski definition) is 4. The zero-order valence-corrected chi connectivity index (χ0v) is 14.3. The Kier molecular flexibility index (Phi) is 5.43. The minimum absolute atomic E-state index is 0.0243. The summed E-state index contributed by atoms with van der Waals surface area (Å²) in [6.45, 7) is 2.74. The molecule has 0 saturated heterocycles. The summed E-state index contributed by atoms with van der Waals surface area (Å²) in [6.07, 6.45) is 2.39. The first-order valence-electron chi connectivity index (χ1n) is 7.88. The number of carbonyl (C=O) groups is 1. The van der Waals surface area contributed by atoms with Gasteiger partial charge in [0.15, 0.2) is 0 Å². The van der Waals surface area contributed by atoms with Gasteiger partial charge in [-0.05, 0) is 30.5 Å². The van der Waals surface area contributed by atoms with Gasteiger partial charge in [0.2, 0.25) is 5.91 Å². The molecule has 4 nitrogen and oxygen atoms in total. The van der Waals surface area contributed by atoms with Crippen molar-refractivity contribution in [3.63, 3.8) is 0 Å². The summed E-state index contributed by atoms with van der Waals surface area (Å²) in [5, 5.41) is 4.80. The van der Waals surface area contributed by atoms with Gasteiger partial charge in [-0.2, -0.15) is 0 Å². The highest BCUT2D eigenvalue weighted by Gasteiger charge is 2.07. The molecule has 2 aromatic carbocycles. The molecule has 3 rings (SSSR count). The van der Waals surface area contributed by atoms with E-state index in [9.17, 15) is 4.79 Å². The Hall–Kier alpha value is -2.40. The zero-order chi connectivity index (χ0) is 16.8. The summed E-state index contributed by atoms with van der Waals surface area (Å²) >= 11 is 1.44. The lowest BCUT2D eigenvalue weighted by atomic mass is 10.1. The quantitative estimate of drug-likeness (QED) is 0.553. The van der Waals surface area contributed by atoms with Gasteiger partial charge in [-0.3, -0.25) is 4.79 Å². The number of benzene rings is 2. The average molecular weight is 337 g/mol. The number of nitrogens with zero attached hydrogens (tertiary/aromatic N) is 2. The summed E-state index contributed by atoms with van der Waals surface area (Å²) < 4.78 is 0. The second kappa shape index (κ2) is 7.93. The standard InChI is InChI=1S/C19H19N3OS/c1-14-6-2-3-7-15(14)10-11-20-18(23)12-24-19-16-8-4-5-9-17(16)21-13-22-19/h2-9,13H,10-12H2,1H3,(H,20,23). The normalized spacial score (nSPS) is 10.7. The second-order valence-corrected chi connectivity index (χ2v) is 6.48. The van der Waals surface area contributed by atoms with E-state index in [1.54, 1.807) is 6.33 Å². The molecule has 0 bridgehead atoms. The molecule has 1 amide bonds. The molecule has 0 radical (unpaired) electrons. The van der Waals surface area contributed by atoms with Crippen molar-refractivity contribution < 1.29 is 4.79 Å². The molecule has 24 heavy (non-hydrogen) atoms. The van der Waals surface area contributed by atoms with Gasteiger partial charge in [-0.25, -0.2) is 9.97 Å². The maximum atomic E-state index is 12.1. The van der Waals surface area contributed by atoms with Crippen molar-refractivity contribution in [3.05, 3.63) is 66.0 Å². The summed E-state index contributed by atoms with van der Waals surface area (Å²) in [7, 11) is 0. The number of carbonyl (C=O) groups excluding carboxylic acids is 1. The van der Waals surface area contributed by atoms with Crippen LogP contribution in [0.1, 0.15) is 11.1 Å². The van der Waals surface area contributed by atoms with Gasteiger partial charge in [-0.1, -0.05) is 54.2 Å². The van der Waals surface area contributed by atoms with Gasteiger partial charge in [0, 0.05) is 11.9 Å². The molecule has 0 aliphatic heterocycles. The molecule has 122 valence electrons. The number of aromatic nitrogens is 2. The van der Waals surface area contributed by atoms with E-state index in [-0.39, 0.29) is 5.91 Å². The maximum Gasteiger partial charge on any atom is 0.230 e. The molecule has 1 heterocycles. The number of aryl methyl sites for hydroxylation is 1. The van der Waals surface area contributed by atoms with Crippen LogP contribution in [0.3, 0.4) is 0 Å². The van der Waals surface area contributed by atoms with Crippen molar-refractivity contribution >= 4 is 28.6 Å². The lowest BCUT2D eigenvalue weighted by Gasteiger charge is -2.08. The van der Waals surface area contributed by atoms with Gasteiger partial charge in [0.05, 0.1) is 11.3 Å². The molecule has 0 unspecified atom stereocenters. The summed E-state index contributed by atoms with van der Waals surface area (Å²) in [5.74, 6) is 0.380. The lowest BCUT2D eigenvalue weighted by Crippen LogP contribution is -2.27. The molecule has 0 spiro atoms. The van der Waals surface area contributed by atoms with Crippen LogP contribution in [0.15, 0.2) is 59.9 Å². The maximum absolute atomic E-state index is 12.1. The summed E-state index contributed by atoms with van der Waals surface area (Å²) in [4.78, 5) is 20.6. The Bertz CT molecular complexity index is 845. The Labute approximate surface area is 145 Å². The molecule has 1 aromatic heterocycles. The highest BCUT2D eigenvalue weighted by molar-refractivity contribution is 8.00. The van der Waals surface area contributed by atoms with Crippen LogP contribution in [0.25, 0.3) is 10.9 Å². The predicted molar refractivity (Wildman–Crippen MR) is 98.2 cm³/mol. The van der Waals surface area contributed by atoms with Crippen LogP contribution >= 0.6 is 11.8 Å². The summed E-state index contributed by atoms with van der Waals surface area (Å²) in [5.41, 5.74) is 3.43. The van der Waals surface area contributed by atoms with Crippen LogP contribution < -0.4 is 5.32 Å². The fourth-order valence-electron chi connectivity index (χ4n) is 2.51. The van der Waals surface area contributed by atoms with Crippen molar-refractivity contribution in [2.45, 2.75) is 18.4 Å². The van der Waals surface area contributed by atoms with Gasteiger partial charge in [0.1, 0.15) is 11.4 Å². The van der Waals surface area contributed by atoms with Gasteiger partial charge < -0.3 is 5.32 Å². The molecule has 0 aliphatic rings. The van der Waals surface area contributed by atoms with Gasteiger partial charge in [-0.15, -0.1) is 0 Å². The first-order chi connectivity index (χ1) is 11.7. The first-order valence-corrected chi connectivity index (χ1v) is 8.86. The third-order valence-electron chi connectivity index (χ3n) is 3.82. The largest absolute Gasteiger partial charge is 0.355 e. The highest BCUT2D eigenvalue weighted by atomic mass is 32.2. The van der Waals surface area contributed by atoms with Crippen LogP contribution in [0.4, 0.5) is 0 Å². The van der Waals surface area contributed by atoms with E-state index in [2.05, 4.69) is 34.3 Å². The molecule has 5 heteroatoms. The van der Waals surface area contributed by atoms with Crippen LogP contribution in [-0.4, -0.2) is 28.2 Å². The fourth-order valence-corrected chi connectivity index (χ4v) is 3.33. The Morgan fingerprint density at radius 1 is 1.08 bits per heavy atom. The third kappa shape index (κ3) is 4.11. The van der Waals surface area contributed by atoms with Crippen molar-refractivity contribution in [1.29, 1.82) is 0 Å². The minimum Gasteiger partial charge on any atom is -0.355 e. The number of rotatable bonds is 6. The Morgan fingerprint density at radius 3 is 2.75 bits per heavy atom. The van der Waals surface area contributed by atoms with Crippen molar-refractivity contribution in [1.82, 2.24) is 15.3 Å². The highest BCUT2D eigenvalue weighted by Crippen LogP contribution is 2.23. The summed E-state index contributed by atoms with van der Waals surface area (Å²) in [6, 6.07) is 16.1. The zero-order valence-electron chi connectivity index (χ0n) is 13.5. The molecule has 0 fully saturated rings. The van der Waals surface area contributed by atoms with E-state index in [4.69, 9.17) is 0 Å². The van der Waals surface area contributed by atoms with E-state index in [1.807, 2.05) is 36.4 Å². The van der Waals surface area contributed by atoms with Crippen molar-refractivity contribution in [2.24, 2.45) is 0 Å². The average Bonchev–Trinajstić information content (AvgIpc) is 2.61.